The molecule has 0 spiro atoms. The third kappa shape index (κ3) is 5.19. The van der Waals surface area contributed by atoms with Crippen molar-refractivity contribution in [3.8, 4) is 44.5 Å². The first-order chi connectivity index (χ1) is 25.7. The van der Waals surface area contributed by atoms with Crippen molar-refractivity contribution < 1.29 is 16.8 Å². The van der Waals surface area contributed by atoms with Crippen LogP contribution in [0, 0.1) is 0 Å². The van der Waals surface area contributed by atoms with Gasteiger partial charge >= 0.3 is 0 Å². The van der Waals surface area contributed by atoms with E-state index in [1.54, 1.807) is 41.3 Å². The standard InChI is InChI=1S/C46H31NO4S2/c1-3-30-8-12-32(13-9-30)34-16-20-36(21-17-34)38-24-26-40-44(28-38)52(48,49)42-6-5-7-43-46(42)47(40)41-27-25-39(29-45(41)53(43,50)51)37-22-18-35(19-23-37)33-14-10-31(4-2)11-15-33/h3-29H,1-2H2. The molecule has 0 bridgehead atoms. The number of rotatable bonds is 6. The Hall–Kier alpha value is -6.28. The number of anilines is 3. The molecule has 0 saturated heterocycles. The zero-order valence-electron chi connectivity index (χ0n) is 28.4. The summed E-state index contributed by atoms with van der Waals surface area (Å²) in [5.41, 5.74) is 10.5. The predicted octanol–water partition coefficient (Wildman–Crippen LogP) is 11.4. The minimum atomic E-state index is -4.08. The second kappa shape index (κ2) is 12.2. The smallest absolute Gasteiger partial charge is 0.210 e. The van der Waals surface area contributed by atoms with E-state index < -0.39 is 19.7 Å². The highest BCUT2D eigenvalue weighted by Gasteiger charge is 2.44. The molecule has 0 aromatic heterocycles. The van der Waals surface area contributed by atoms with Gasteiger partial charge < -0.3 is 4.90 Å². The van der Waals surface area contributed by atoms with Crippen LogP contribution in [0.2, 0.25) is 0 Å². The van der Waals surface area contributed by atoms with Crippen LogP contribution in [-0.2, 0) is 19.7 Å². The van der Waals surface area contributed by atoms with Gasteiger partial charge in [-0.05, 0) is 92.0 Å². The Balaban J connectivity index is 1.12. The van der Waals surface area contributed by atoms with E-state index in [0.717, 1.165) is 55.6 Å². The fourth-order valence-electron chi connectivity index (χ4n) is 7.28. The molecule has 256 valence electrons. The van der Waals surface area contributed by atoms with E-state index in [1.165, 1.54) is 18.2 Å². The lowest BCUT2D eigenvalue weighted by atomic mass is 9.98. The van der Waals surface area contributed by atoms with Gasteiger partial charge in [0.05, 0.1) is 36.6 Å². The minimum Gasteiger partial charge on any atom is -0.305 e. The summed E-state index contributed by atoms with van der Waals surface area (Å²) >= 11 is 0. The lowest BCUT2D eigenvalue weighted by molar-refractivity contribution is 0.591. The van der Waals surface area contributed by atoms with E-state index in [-0.39, 0.29) is 25.3 Å². The third-order valence-electron chi connectivity index (χ3n) is 10.1. The number of fused-ring (bicyclic) bond motifs is 4. The van der Waals surface area contributed by atoms with Crippen molar-refractivity contribution in [1.29, 1.82) is 0 Å². The second-order valence-electron chi connectivity index (χ2n) is 13.1. The van der Waals surface area contributed by atoms with E-state index in [4.69, 9.17) is 0 Å². The molecule has 0 atom stereocenters. The predicted molar refractivity (Wildman–Crippen MR) is 214 cm³/mol. The summed E-state index contributed by atoms with van der Waals surface area (Å²) in [5.74, 6) is 0. The number of hydrogen-bond donors (Lipinski definition) is 0. The Morgan fingerprint density at radius 3 is 1.02 bits per heavy atom. The van der Waals surface area contributed by atoms with Crippen LogP contribution in [0.25, 0.3) is 56.7 Å². The molecular formula is C46H31NO4S2. The highest BCUT2D eigenvalue weighted by atomic mass is 32.2. The largest absolute Gasteiger partial charge is 0.305 e. The minimum absolute atomic E-state index is 0.0343. The van der Waals surface area contributed by atoms with E-state index in [0.29, 0.717) is 11.4 Å². The molecule has 2 aliphatic heterocycles. The topological polar surface area (TPSA) is 71.5 Å². The van der Waals surface area contributed by atoms with Crippen LogP contribution in [0.1, 0.15) is 11.1 Å². The highest BCUT2D eigenvalue weighted by molar-refractivity contribution is 7.93. The summed E-state index contributed by atoms with van der Waals surface area (Å²) in [6.07, 6.45) is 3.61. The molecule has 53 heavy (non-hydrogen) atoms. The van der Waals surface area contributed by atoms with Crippen molar-refractivity contribution in [1.82, 2.24) is 0 Å². The fourth-order valence-corrected chi connectivity index (χ4v) is 10.7. The normalized spacial score (nSPS) is 14.4. The molecule has 0 saturated carbocycles. The van der Waals surface area contributed by atoms with E-state index >= 15 is 0 Å². The van der Waals surface area contributed by atoms with Crippen LogP contribution in [0.15, 0.2) is 184 Å². The quantitative estimate of drug-likeness (QED) is 0.171. The molecule has 0 N–H and O–H groups in total. The fraction of sp³-hybridized carbons (Fsp3) is 0. The maximum absolute atomic E-state index is 14.3. The first-order valence-corrected chi connectivity index (χ1v) is 20.0. The van der Waals surface area contributed by atoms with Crippen molar-refractivity contribution in [2.75, 3.05) is 4.90 Å². The van der Waals surface area contributed by atoms with Crippen LogP contribution in [-0.4, -0.2) is 16.8 Å². The molecule has 0 fully saturated rings. The maximum Gasteiger partial charge on any atom is 0.210 e. The molecule has 0 aliphatic carbocycles. The van der Waals surface area contributed by atoms with Gasteiger partial charge in [-0.3, -0.25) is 0 Å². The second-order valence-corrected chi connectivity index (χ2v) is 16.9. The van der Waals surface area contributed by atoms with Crippen molar-refractivity contribution in [2.45, 2.75) is 19.6 Å². The Morgan fingerprint density at radius 2 is 0.679 bits per heavy atom. The molecule has 0 amide bonds. The van der Waals surface area contributed by atoms with Gasteiger partial charge in [-0.2, -0.15) is 0 Å². The summed E-state index contributed by atoms with van der Waals surface area (Å²) in [5, 5.41) is 0. The van der Waals surface area contributed by atoms with E-state index in [1.807, 2.05) is 109 Å². The van der Waals surface area contributed by atoms with Crippen LogP contribution >= 0.6 is 0 Å². The molecule has 7 aromatic rings. The Kier molecular flexibility index (Phi) is 7.48. The highest BCUT2D eigenvalue weighted by Crippen LogP contribution is 2.56. The molecular weight excluding hydrogens is 695 g/mol. The molecule has 9 rings (SSSR count). The number of sulfone groups is 2. The molecule has 0 unspecified atom stereocenters. The summed E-state index contributed by atoms with van der Waals surface area (Å²) in [6, 6.07) is 47.4. The van der Waals surface area contributed by atoms with E-state index in [9.17, 15) is 16.8 Å². The van der Waals surface area contributed by atoms with Crippen LogP contribution < -0.4 is 4.90 Å². The monoisotopic (exact) mass is 725 g/mol. The zero-order chi connectivity index (χ0) is 36.5. The molecule has 7 aromatic carbocycles. The van der Waals surface area contributed by atoms with Crippen molar-refractivity contribution in [3.63, 3.8) is 0 Å². The maximum atomic E-state index is 14.3. The Bertz CT molecular complexity index is 2660. The van der Waals surface area contributed by atoms with Crippen molar-refractivity contribution >= 4 is 48.9 Å². The Morgan fingerprint density at radius 1 is 0.377 bits per heavy atom. The van der Waals surface area contributed by atoms with Gasteiger partial charge in [0.1, 0.15) is 0 Å². The van der Waals surface area contributed by atoms with Gasteiger partial charge in [-0.1, -0.05) is 141 Å². The average molecular weight is 726 g/mol. The lowest BCUT2D eigenvalue weighted by Crippen LogP contribution is -2.29. The summed E-state index contributed by atoms with van der Waals surface area (Å²) < 4.78 is 57.2. The van der Waals surface area contributed by atoms with Gasteiger partial charge in [-0.25, -0.2) is 16.8 Å². The number of benzene rings is 7. The lowest BCUT2D eigenvalue weighted by Gasteiger charge is -2.38. The van der Waals surface area contributed by atoms with Crippen LogP contribution in [0.4, 0.5) is 17.1 Å². The number of nitrogens with zero attached hydrogens (tertiary/aromatic N) is 1. The van der Waals surface area contributed by atoms with Crippen LogP contribution in [0.5, 0.6) is 0 Å². The molecule has 7 heteroatoms. The first-order valence-electron chi connectivity index (χ1n) is 17.1. The molecule has 2 aliphatic rings. The summed E-state index contributed by atoms with van der Waals surface area (Å²) in [7, 11) is -8.15. The van der Waals surface area contributed by atoms with E-state index in [2.05, 4.69) is 13.2 Å². The molecule has 5 nitrogen and oxygen atoms in total. The van der Waals surface area contributed by atoms with Gasteiger partial charge in [0, 0.05) is 0 Å². The van der Waals surface area contributed by atoms with Gasteiger partial charge in [0.2, 0.25) is 19.7 Å². The third-order valence-corrected chi connectivity index (χ3v) is 13.8. The zero-order valence-corrected chi connectivity index (χ0v) is 30.0. The SMILES string of the molecule is C=Cc1ccc(-c2ccc(-c3ccc4c(c3)S(=O)(=O)c3cccc5c3N4c3ccc(-c4ccc(-c6ccc(C=C)cc6)cc4)cc3S5(=O)=O)cc2)cc1. The average Bonchev–Trinajstić information content (AvgIpc) is 3.20. The Labute approximate surface area is 309 Å². The number of para-hydroxylation sites is 1. The molecule has 2 heterocycles. The van der Waals surface area contributed by atoms with Gasteiger partial charge in [0.15, 0.2) is 0 Å². The van der Waals surface area contributed by atoms with Gasteiger partial charge in [-0.15, -0.1) is 0 Å². The van der Waals surface area contributed by atoms with Crippen molar-refractivity contribution in [2.24, 2.45) is 0 Å². The van der Waals surface area contributed by atoms with Gasteiger partial charge in [0.25, 0.3) is 0 Å². The number of hydrogen-bond acceptors (Lipinski definition) is 5. The molecule has 0 radical (unpaired) electrons. The summed E-state index contributed by atoms with van der Waals surface area (Å²) in [6.45, 7) is 7.64. The summed E-state index contributed by atoms with van der Waals surface area (Å²) in [4.78, 5) is 1.96. The van der Waals surface area contributed by atoms with Crippen LogP contribution in [0.3, 0.4) is 0 Å². The first kappa shape index (κ1) is 32.6. The van der Waals surface area contributed by atoms with Crippen molar-refractivity contribution in [3.05, 3.63) is 176 Å².